The normalized spacial score (nSPS) is 12.3. The van der Waals surface area contributed by atoms with Gasteiger partial charge in [-0.3, -0.25) is 9.59 Å². The first kappa shape index (κ1) is 21.4. The van der Waals surface area contributed by atoms with Gasteiger partial charge in [0, 0.05) is 16.8 Å². The fourth-order valence-corrected chi connectivity index (χ4v) is 3.03. The summed E-state index contributed by atoms with van der Waals surface area (Å²) >= 11 is 0. The third-order valence-corrected chi connectivity index (χ3v) is 5.03. The smallest absolute Gasteiger partial charge is 0.231 e. The van der Waals surface area contributed by atoms with Gasteiger partial charge in [0.25, 0.3) is 0 Å². The Morgan fingerprint density at radius 1 is 0.867 bits per heavy atom. The molecule has 30 heavy (non-hydrogen) atoms. The lowest BCUT2D eigenvalue weighted by atomic mass is 9.95. The molecule has 0 aliphatic rings. The summed E-state index contributed by atoms with van der Waals surface area (Å²) in [5.41, 5.74) is 1.74. The molecule has 0 bridgehead atoms. The van der Waals surface area contributed by atoms with E-state index in [1.165, 1.54) is 0 Å². The van der Waals surface area contributed by atoms with Crippen molar-refractivity contribution in [3.8, 4) is 5.75 Å². The molecule has 0 saturated carbocycles. The summed E-state index contributed by atoms with van der Waals surface area (Å²) in [7, 11) is 1.64. The van der Waals surface area contributed by atoms with Crippen LogP contribution in [0.3, 0.4) is 0 Å². The Morgan fingerprint density at radius 2 is 1.50 bits per heavy atom. The number of carbonyl (C=O) groups excluding carboxylic acids is 2. The Hall–Kier alpha value is -3.34. The van der Waals surface area contributed by atoms with E-state index in [0.29, 0.717) is 11.4 Å². The first-order valence-electron chi connectivity index (χ1n) is 9.97. The van der Waals surface area contributed by atoms with Crippen LogP contribution in [0.2, 0.25) is 0 Å². The number of nitrogens with one attached hydrogen (secondary N) is 2. The molecule has 0 radical (unpaired) electrons. The number of rotatable bonds is 5. The largest absolute Gasteiger partial charge is 0.497 e. The number of fused-ring (bicyclic) bond motifs is 1. The van der Waals surface area contributed by atoms with Gasteiger partial charge in [0.15, 0.2) is 0 Å². The first-order valence-corrected chi connectivity index (χ1v) is 9.97. The quantitative estimate of drug-likeness (QED) is 0.584. The van der Waals surface area contributed by atoms with Gasteiger partial charge in [-0.1, -0.05) is 51.1 Å². The predicted molar refractivity (Wildman–Crippen MR) is 122 cm³/mol. The maximum absolute atomic E-state index is 12.8. The van der Waals surface area contributed by atoms with E-state index >= 15 is 0 Å². The van der Waals surface area contributed by atoms with Crippen LogP contribution in [-0.4, -0.2) is 18.9 Å². The third kappa shape index (κ3) is 4.98. The summed E-state index contributed by atoms with van der Waals surface area (Å²) in [6.07, 6.45) is 0. The Kier molecular flexibility index (Phi) is 6.11. The number of hydrogen-bond acceptors (Lipinski definition) is 3. The SMILES string of the molecule is COc1ccc2cc([C@H](C)C(=O)Nc3cccc(NC(=O)C(C)(C)C)c3)ccc2c1. The Morgan fingerprint density at radius 3 is 2.17 bits per heavy atom. The number of anilines is 2. The van der Waals surface area contributed by atoms with E-state index in [2.05, 4.69) is 10.6 Å². The van der Waals surface area contributed by atoms with Gasteiger partial charge in [-0.15, -0.1) is 0 Å². The molecule has 5 nitrogen and oxygen atoms in total. The number of methoxy groups -OCH3 is 1. The number of amides is 2. The number of ether oxygens (including phenoxy) is 1. The van der Waals surface area contributed by atoms with Gasteiger partial charge in [-0.05, 0) is 53.6 Å². The zero-order valence-electron chi connectivity index (χ0n) is 18.1. The van der Waals surface area contributed by atoms with Crippen molar-refractivity contribution >= 4 is 34.0 Å². The molecule has 156 valence electrons. The van der Waals surface area contributed by atoms with Crippen molar-refractivity contribution in [1.82, 2.24) is 0 Å². The molecule has 0 spiro atoms. The van der Waals surface area contributed by atoms with Crippen LogP contribution in [0.1, 0.15) is 39.2 Å². The number of carbonyl (C=O) groups is 2. The van der Waals surface area contributed by atoms with Gasteiger partial charge in [-0.2, -0.15) is 0 Å². The van der Waals surface area contributed by atoms with Gasteiger partial charge < -0.3 is 15.4 Å². The van der Waals surface area contributed by atoms with E-state index in [0.717, 1.165) is 22.1 Å². The summed E-state index contributed by atoms with van der Waals surface area (Å²) in [6.45, 7) is 7.45. The molecule has 0 aromatic heterocycles. The van der Waals surface area contributed by atoms with Crippen molar-refractivity contribution in [3.05, 3.63) is 66.2 Å². The molecular formula is C25H28N2O3. The van der Waals surface area contributed by atoms with E-state index in [9.17, 15) is 9.59 Å². The van der Waals surface area contributed by atoms with Crippen molar-refractivity contribution in [2.45, 2.75) is 33.6 Å². The highest BCUT2D eigenvalue weighted by Crippen LogP contribution is 2.26. The standard InChI is InChI=1S/C25H28N2O3/c1-16(17-9-10-19-14-22(30-5)12-11-18(19)13-17)23(28)26-20-7-6-8-21(15-20)27-24(29)25(2,3)4/h6-16H,1-5H3,(H,26,28)(H,27,29)/t16-/m0/s1. The topological polar surface area (TPSA) is 67.4 Å². The van der Waals surface area contributed by atoms with Crippen molar-refractivity contribution < 1.29 is 14.3 Å². The van der Waals surface area contributed by atoms with Gasteiger partial charge in [0.05, 0.1) is 13.0 Å². The zero-order valence-corrected chi connectivity index (χ0v) is 18.1. The van der Waals surface area contributed by atoms with Crippen LogP contribution in [0.15, 0.2) is 60.7 Å². The van der Waals surface area contributed by atoms with Crippen LogP contribution in [0, 0.1) is 5.41 Å². The Bertz CT molecular complexity index is 1080. The molecule has 0 unspecified atom stereocenters. The summed E-state index contributed by atoms with van der Waals surface area (Å²) in [4.78, 5) is 25.0. The molecule has 1 atom stereocenters. The maximum Gasteiger partial charge on any atom is 0.231 e. The lowest BCUT2D eigenvalue weighted by molar-refractivity contribution is -0.123. The van der Waals surface area contributed by atoms with Crippen LogP contribution in [-0.2, 0) is 9.59 Å². The minimum absolute atomic E-state index is 0.0767. The highest BCUT2D eigenvalue weighted by molar-refractivity contribution is 5.98. The van der Waals surface area contributed by atoms with Gasteiger partial charge >= 0.3 is 0 Å². The zero-order chi connectivity index (χ0) is 21.9. The Labute approximate surface area is 177 Å². The van der Waals surface area contributed by atoms with E-state index in [4.69, 9.17) is 4.74 Å². The molecule has 0 heterocycles. The maximum atomic E-state index is 12.8. The molecule has 2 amide bonds. The molecule has 3 aromatic carbocycles. The van der Waals surface area contributed by atoms with Crippen LogP contribution in [0.25, 0.3) is 10.8 Å². The predicted octanol–water partition coefficient (Wildman–Crippen LogP) is 5.58. The molecule has 2 N–H and O–H groups in total. The van der Waals surface area contributed by atoms with E-state index in [1.54, 1.807) is 19.2 Å². The summed E-state index contributed by atoms with van der Waals surface area (Å²) in [6, 6.07) is 19.1. The third-order valence-electron chi connectivity index (χ3n) is 5.03. The van der Waals surface area contributed by atoms with Crippen LogP contribution >= 0.6 is 0 Å². The Balaban J connectivity index is 1.73. The fraction of sp³-hybridized carbons (Fsp3) is 0.280. The van der Waals surface area contributed by atoms with Crippen molar-refractivity contribution in [2.75, 3.05) is 17.7 Å². The molecular weight excluding hydrogens is 376 g/mol. The second-order valence-corrected chi connectivity index (χ2v) is 8.47. The number of hydrogen-bond donors (Lipinski definition) is 2. The average molecular weight is 405 g/mol. The van der Waals surface area contributed by atoms with Crippen molar-refractivity contribution in [1.29, 1.82) is 0 Å². The van der Waals surface area contributed by atoms with E-state index in [1.807, 2.05) is 76.2 Å². The van der Waals surface area contributed by atoms with E-state index in [-0.39, 0.29) is 17.7 Å². The fourth-order valence-electron chi connectivity index (χ4n) is 3.03. The highest BCUT2D eigenvalue weighted by atomic mass is 16.5. The first-order chi connectivity index (χ1) is 14.2. The summed E-state index contributed by atoms with van der Waals surface area (Å²) in [5, 5.41) is 7.95. The molecule has 0 saturated heterocycles. The van der Waals surface area contributed by atoms with Crippen molar-refractivity contribution in [2.24, 2.45) is 5.41 Å². The monoisotopic (exact) mass is 404 g/mol. The summed E-state index contributed by atoms with van der Waals surface area (Å²) in [5.74, 6) is 0.290. The molecule has 0 fully saturated rings. The van der Waals surface area contributed by atoms with Crippen molar-refractivity contribution in [3.63, 3.8) is 0 Å². The average Bonchev–Trinajstić information content (AvgIpc) is 2.72. The van der Waals surface area contributed by atoms with Gasteiger partial charge in [-0.25, -0.2) is 0 Å². The highest BCUT2D eigenvalue weighted by Gasteiger charge is 2.21. The van der Waals surface area contributed by atoms with E-state index < -0.39 is 5.41 Å². The number of benzene rings is 3. The van der Waals surface area contributed by atoms with Gasteiger partial charge in [0.2, 0.25) is 11.8 Å². The molecule has 0 aliphatic carbocycles. The molecule has 0 aliphatic heterocycles. The minimum Gasteiger partial charge on any atom is -0.497 e. The second kappa shape index (κ2) is 8.57. The molecule has 3 rings (SSSR count). The lowest BCUT2D eigenvalue weighted by Crippen LogP contribution is -2.27. The molecule has 5 heteroatoms. The van der Waals surface area contributed by atoms with Crippen LogP contribution < -0.4 is 15.4 Å². The minimum atomic E-state index is -0.492. The lowest BCUT2D eigenvalue weighted by Gasteiger charge is -2.18. The molecule has 3 aromatic rings. The summed E-state index contributed by atoms with van der Waals surface area (Å²) < 4.78 is 5.27. The van der Waals surface area contributed by atoms with Crippen LogP contribution in [0.5, 0.6) is 5.75 Å². The van der Waals surface area contributed by atoms with Gasteiger partial charge in [0.1, 0.15) is 5.75 Å². The second-order valence-electron chi connectivity index (χ2n) is 8.47. The van der Waals surface area contributed by atoms with Crippen LogP contribution in [0.4, 0.5) is 11.4 Å².